The van der Waals surface area contributed by atoms with Crippen LogP contribution in [0, 0.1) is 0 Å². The molecule has 2 atom stereocenters. The number of ether oxygens (including phenoxy) is 1. The SMILES string of the molecule is CC1CN(CCCNC(=O)CCNS(=O)(=O)c2ccc(C(C)(C)C)cc2)CC(C)O1. The fourth-order valence-corrected chi connectivity index (χ4v) is 4.63. The molecule has 1 aromatic rings. The quantitative estimate of drug-likeness (QED) is 0.577. The van der Waals surface area contributed by atoms with Crippen LogP contribution in [-0.4, -0.2) is 64.2 Å². The molecule has 1 amide bonds. The van der Waals surface area contributed by atoms with E-state index in [0.717, 1.165) is 31.6 Å². The van der Waals surface area contributed by atoms with E-state index in [1.807, 2.05) is 12.1 Å². The van der Waals surface area contributed by atoms with Gasteiger partial charge in [0.05, 0.1) is 17.1 Å². The second kappa shape index (κ2) is 10.7. The molecule has 1 aliphatic heterocycles. The summed E-state index contributed by atoms with van der Waals surface area (Å²) in [7, 11) is -3.62. The first-order valence-electron chi connectivity index (χ1n) is 10.7. The fraction of sp³-hybridized carbons (Fsp3) is 0.682. The van der Waals surface area contributed by atoms with Crippen molar-refractivity contribution in [3.63, 3.8) is 0 Å². The molecule has 1 aliphatic rings. The lowest BCUT2D eigenvalue weighted by Crippen LogP contribution is -2.46. The van der Waals surface area contributed by atoms with Gasteiger partial charge in [0.25, 0.3) is 0 Å². The Bertz CT molecular complexity index is 778. The first-order valence-corrected chi connectivity index (χ1v) is 12.2. The van der Waals surface area contributed by atoms with Crippen molar-refractivity contribution in [2.45, 2.75) is 70.0 Å². The number of carbonyl (C=O) groups excluding carboxylic acids is 1. The predicted octanol–water partition coefficient (Wildman–Crippen LogP) is 2.27. The first-order chi connectivity index (χ1) is 14.0. The highest BCUT2D eigenvalue weighted by molar-refractivity contribution is 7.89. The number of benzene rings is 1. The first kappa shape index (κ1) is 24.8. The lowest BCUT2D eigenvalue weighted by molar-refractivity contribution is -0.121. The molecule has 0 radical (unpaired) electrons. The van der Waals surface area contributed by atoms with Gasteiger partial charge in [-0.05, 0) is 43.4 Å². The van der Waals surface area contributed by atoms with E-state index in [1.54, 1.807) is 12.1 Å². The van der Waals surface area contributed by atoms with Gasteiger partial charge in [0.15, 0.2) is 0 Å². The Kier molecular flexibility index (Phi) is 8.85. The molecule has 1 saturated heterocycles. The molecule has 7 nitrogen and oxygen atoms in total. The Morgan fingerprint density at radius 2 is 1.70 bits per heavy atom. The number of morpholine rings is 1. The topological polar surface area (TPSA) is 87.7 Å². The Balaban J connectivity index is 1.67. The third-order valence-corrected chi connectivity index (χ3v) is 6.62. The van der Waals surface area contributed by atoms with Crippen molar-refractivity contribution < 1.29 is 17.9 Å². The molecule has 0 bridgehead atoms. The second-order valence-electron chi connectivity index (χ2n) is 9.14. The summed E-state index contributed by atoms with van der Waals surface area (Å²) in [5.41, 5.74) is 1.04. The molecule has 2 unspecified atom stereocenters. The van der Waals surface area contributed by atoms with Gasteiger partial charge in [-0.15, -0.1) is 0 Å². The van der Waals surface area contributed by atoms with E-state index >= 15 is 0 Å². The fourth-order valence-electron chi connectivity index (χ4n) is 3.60. The molecule has 0 spiro atoms. The Hall–Kier alpha value is -1.48. The van der Waals surface area contributed by atoms with Crippen LogP contribution in [0.1, 0.15) is 53.0 Å². The van der Waals surface area contributed by atoms with Gasteiger partial charge >= 0.3 is 0 Å². The van der Waals surface area contributed by atoms with Crippen LogP contribution in [0.3, 0.4) is 0 Å². The smallest absolute Gasteiger partial charge is 0.240 e. The van der Waals surface area contributed by atoms with Gasteiger partial charge in [-0.2, -0.15) is 0 Å². The average molecular weight is 440 g/mol. The largest absolute Gasteiger partial charge is 0.373 e. The molecule has 0 saturated carbocycles. The monoisotopic (exact) mass is 439 g/mol. The summed E-state index contributed by atoms with van der Waals surface area (Å²) >= 11 is 0. The minimum absolute atomic E-state index is 0.0356. The highest BCUT2D eigenvalue weighted by Crippen LogP contribution is 2.23. The average Bonchev–Trinajstić information content (AvgIpc) is 2.64. The molecule has 1 aromatic carbocycles. The zero-order valence-electron chi connectivity index (χ0n) is 18.9. The summed E-state index contributed by atoms with van der Waals surface area (Å²) in [4.78, 5) is 14.6. The van der Waals surface area contributed by atoms with Crippen molar-refractivity contribution in [1.82, 2.24) is 14.9 Å². The van der Waals surface area contributed by atoms with Crippen molar-refractivity contribution in [3.05, 3.63) is 29.8 Å². The number of amides is 1. The molecule has 1 fully saturated rings. The van der Waals surface area contributed by atoms with E-state index in [2.05, 4.69) is 49.6 Å². The minimum Gasteiger partial charge on any atom is -0.373 e. The maximum Gasteiger partial charge on any atom is 0.240 e. The Labute approximate surface area is 181 Å². The number of rotatable bonds is 9. The standard InChI is InChI=1S/C22H37N3O4S/c1-17-15-25(16-18(2)29-17)14-6-12-23-21(26)11-13-24-30(27,28)20-9-7-19(8-10-20)22(3,4)5/h7-10,17-18,24H,6,11-16H2,1-5H3,(H,23,26). The maximum atomic E-state index is 12.4. The van der Waals surface area contributed by atoms with Crippen LogP contribution >= 0.6 is 0 Å². The number of sulfonamides is 1. The summed E-state index contributed by atoms with van der Waals surface area (Å²) in [6.45, 7) is 13.8. The third kappa shape index (κ3) is 7.98. The zero-order chi connectivity index (χ0) is 22.4. The van der Waals surface area contributed by atoms with Crippen molar-refractivity contribution in [2.24, 2.45) is 0 Å². The molecule has 0 aliphatic carbocycles. The molecule has 8 heteroatoms. The van der Waals surface area contributed by atoms with Gasteiger partial charge in [-0.3, -0.25) is 9.69 Å². The van der Waals surface area contributed by atoms with E-state index in [9.17, 15) is 13.2 Å². The highest BCUT2D eigenvalue weighted by atomic mass is 32.2. The van der Waals surface area contributed by atoms with Crippen LogP contribution in [-0.2, 0) is 25.0 Å². The minimum atomic E-state index is -3.62. The summed E-state index contributed by atoms with van der Waals surface area (Å²) in [5, 5.41) is 2.86. The molecule has 0 aromatic heterocycles. The lowest BCUT2D eigenvalue weighted by atomic mass is 9.87. The van der Waals surface area contributed by atoms with Gasteiger partial charge in [-0.25, -0.2) is 13.1 Å². The van der Waals surface area contributed by atoms with Crippen molar-refractivity contribution in [2.75, 3.05) is 32.7 Å². The van der Waals surface area contributed by atoms with E-state index in [1.165, 1.54) is 0 Å². The zero-order valence-corrected chi connectivity index (χ0v) is 19.7. The molecule has 170 valence electrons. The predicted molar refractivity (Wildman–Crippen MR) is 119 cm³/mol. The van der Waals surface area contributed by atoms with Crippen LogP contribution < -0.4 is 10.0 Å². The molecule has 1 heterocycles. The number of carbonyl (C=O) groups is 1. The van der Waals surface area contributed by atoms with Crippen LogP contribution in [0.4, 0.5) is 0 Å². The number of nitrogens with one attached hydrogen (secondary N) is 2. The van der Waals surface area contributed by atoms with Crippen molar-refractivity contribution in [3.8, 4) is 0 Å². The summed E-state index contributed by atoms with van der Waals surface area (Å²) in [6.07, 6.45) is 1.45. The summed E-state index contributed by atoms with van der Waals surface area (Å²) in [5.74, 6) is -0.149. The van der Waals surface area contributed by atoms with Gasteiger partial charge in [0.1, 0.15) is 0 Å². The normalized spacial score (nSPS) is 20.8. The highest BCUT2D eigenvalue weighted by Gasteiger charge is 2.21. The van der Waals surface area contributed by atoms with Crippen molar-refractivity contribution >= 4 is 15.9 Å². The van der Waals surface area contributed by atoms with E-state index < -0.39 is 10.0 Å². The number of nitrogens with zero attached hydrogens (tertiary/aromatic N) is 1. The second-order valence-corrected chi connectivity index (χ2v) is 10.9. The molecule has 2 N–H and O–H groups in total. The molecule has 2 rings (SSSR count). The van der Waals surface area contributed by atoms with Crippen LogP contribution in [0.15, 0.2) is 29.2 Å². The van der Waals surface area contributed by atoms with Gasteiger partial charge in [0, 0.05) is 39.1 Å². The van der Waals surface area contributed by atoms with Crippen LogP contribution in [0.25, 0.3) is 0 Å². The summed E-state index contributed by atoms with van der Waals surface area (Å²) in [6, 6.07) is 6.88. The van der Waals surface area contributed by atoms with E-state index in [4.69, 9.17) is 4.74 Å². The molecular formula is C22H37N3O4S. The number of hydrogen-bond donors (Lipinski definition) is 2. The lowest BCUT2D eigenvalue weighted by Gasteiger charge is -2.35. The molecule has 30 heavy (non-hydrogen) atoms. The Morgan fingerprint density at radius 1 is 1.10 bits per heavy atom. The van der Waals surface area contributed by atoms with Gasteiger partial charge in [-0.1, -0.05) is 32.9 Å². The number of hydrogen-bond acceptors (Lipinski definition) is 5. The van der Waals surface area contributed by atoms with Crippen LogP contribution in [0.5, 0.6) is 0 Å². The van der Waals surface area contributed by atoms with E-state index in [0.29, 0.717) is 6.54 Å². The Morgan fingerprint density at radius 3 is 2.27 bits per heavy atom. The summed E-state index contributed by atoms with van der Waals surface area (Å²) < 4.78 is 33.0. The molecular weight excluding hydrogens is 402 g/mol. The van der Waals surface area contributed by atoms with E-state index in [-0.39, 0.29) is 41.4 Å². The van der Waals surface area contributed by atoms with Gasteiger partial charge in [0.2, 0.25) is 15.9 Å². The van der Waals surface area contributed by atoms with Crippen molar-refractivity contribution in [1.29, 1.82) is 0 Å². The maximum absolute atomic E-state index is 12.4. The van der Waals surface area contributed by atoms with Gasteiger partial charge < -0.3 is 10.1 Å². The van der Waals surface area contributed by atoms with Crippen LogP contribution in [0.2, 0.25) is 0 Å². The third-order valence-electron chi connectivity index (χ3n) is 5.14.